The summed E-state index contributed by atoms with van der Waals surface area (Å²) >= 11 is 0. The molecule has 1 aliphatic heterocycles. The number of nitrogens with zero attached hydrogens (tertiary/aromatic N) is 3. The first-order valence-electron chi connectivity index (χ1n) is 7.97. The van der Waals surface area contributed by atoms with Gasteiger partial charge in [0, 0.05) is 23.4 Å². The standard InChI is InChI=1S/C18H19N3O3/c22-17(19-23)18(16-7-4-10-21(24)14-16)8-11-20(12-9-18)13-15-5-2-1-3-6-15/h1-7,10,14H,8-9,11-13H2. The van der Waals surface area contributed by atoms with Crippen LogP contribution < -0.4 is 4.73 Å². The van der Waals surface area contributed by atoms with Crippen LogP contribution in [0.2, 0.25) is 0 Å². The molecule has 1 aromatic heterocycles. The van der Waals surface area contributed by atoms with Gasteiger partial charge in [0.15, 0.2) is 12.4 Å². The lowest BCUT2D eigenvalue weighted by molar-refractivity contribution is -0.606. The number of carbonyl (C=O) groups excluding carboxylic acids is 1. The van der Waals surface area contributed by atoms with Crippen LogP contribution in [0, 0.1) is 10.1 Å². The number of likely N-dealkylation sites (tertiary alicyclic amines) is 1. The monoisotopic (exact) mass is 325 g/mol. The topological polar surface area (TPSA) is 76.7 Å². The summed E-state index contributed by atoms with van der Waals surface area (Å²) in [7, 11) is 0. The van der Waals surface area contributed by atoms with Gasteiger partial charge in [-0.3, -0.25) is 9.69 Å². The molecule has 24 heavy (non-hydrogen) atoms. The van der Waals surface area contributed by atoms with E-state index < -0.39 is 11.3 Å². The fourth-order valence-corrected chi connectivity index (χ4v) is 3.39. The molecule has 6 heteroatoms. The van der Waals surface area contributed by atoms with Crippen LogP contribution in [0.3, 0.4) is 0 Å². The fraction of sp³-hybridized carbons (Fsp3) is 0.333. The lowest BCUT2D eigenvalue weighted by Crippen LogP contribution is -2.47. The van der Waals surface area contributed by atoms with E-state index in [9.17, 15) is 14.9 Å². The average molecular weight is 325 g/mol. The molecule has 0 atom stereocenters. The van der Waals surface area contributed by atoms with Crippen molar-refractivity contribution in [1.82, 2.24) is 4.90 Å². The number of piperidine rings is 1. The molecule has 6 nitrogen and oxygen atoms in total. The Balaban J connectivity index is 1.79. The molecule has 0 radical (unpaired) electrons. The van der Waals surface area contributed by atoms with Crippen molar-refractivity contribution in [2.45, 2.75) is 24.8 Å². The van der Waals surface area contributed by atoms with Crippen LogP contribution in [0.1, 0.15) is 24.0 Å². The quantitative estimate of drug-likeness (QED) is 0.490. The van der Waals surface area contributed by atoms with Crippen LogP contribution in [-0.2, 0) is 16.8 Å². The first-order valence-corrected chi connectivity index (χ1v) is 7.97. The van der Waals surface area contributed by atoms with E-state index in [2.05, 4.69) is 22.2 Å². The predicted molar refractivity (Wildman–Crippen MR) is 88.8 cm³/mol. The number of benzene rings is 1. The largest absolute Gasteiger partial charge is 0.619 e. The van der Waals surface area contributed by atoms with Gasteiger partial charge in [-0.25, -0.2) is 0 Å². The third-order valence-corrected chi connectivity index (χ3v) is 4.78. The molecule has 2 heterocycles. The van der Waals surface area contributed by atoms with Crippen LogP contribution in [0.25, 0.3) is 0 Å². The third kappa shape index (κ3) is 3.19. The molecule has 0 N–H and O–H groups in total. The lowest BCUT2D eigenvalue weighted by atomic mass is 9.72. The summed E-state index contributed by atoms with van der Waals surface area (Å²) in [5, 5.41) is 14.3. The van der Waals surface area contributed by atoms with Crippen molar-refractivity contribution in [2.24, 2.45) is 5.18 Å². The number of amides is 1. The number of nitroso groups, excluding NO2 is 1. The molecule has 1 fully saturated rings. The maximum absolute atomic E-state index is 12.3. The maximum atomic E-state index is 12.3. The van der Waals surface area contributed by atoms with Crippen LogP contribution in [-0.4, -0.2) is 23.9 Å². The molecule has 0 saturated carbocycles. The van der Waals surface area contributed by atoms with E-state index in [1.54, 1.807) is 12.1 Å². The van der Waals surface area contributed by atoms with Gasteiger partial charge in [-0.15, -0.1) is 4.91 Å². The summed E-state index contributed by atoms with van der Waals surface area (Å²) in [5.74, 6) is -0.687. The molecule has 2 aromatic rings. The Labute approximate surface area is 140 Å². The first kappa shape index (κ1) is 16.3. The molecule has 1 saturated heterocycles. The molecule has 124 valence electrons. The summed E-state index contributed by atoms with van der Waals surface area (Å²) in [6.45, 7) is 2.14. The highest BCUT2D eigenvalue weighted by Gasteiger charge is 2.45. The number of rotatable bonds is 4. The average Bonchev–Trinajstić information content (AvgIpc) is 2.63. The Morgan fingerprint density at radius 2 is 1.88 bits per heavy atom. The van der Waals surface area contributed by atoms with Gasteiger partial charge in [0.25, 0.3) is 5.91 Å². The van der Waals surface area contributed by atoms with E-state index in [1.165, 1.54) is 18.0 Å². The van der Waals surface area contributed by atoms with Crippen molar-refractivity contribution >= 4 is 5.91 Å². The molecule has 1 amide bonds. The molecule has 3 rings (SSSR count). The Hall–Kier alpha value is -2.60. The zero-order valence-corrected chi connectivity index (χ0v) is 13.3. The minimum absolute atomic E-state index is 0.481. The van der Waals surface area contributed by atoms with Gasteiger partial charge in [0.05, 0.1) is 5.41 Å². The van der Waals surface area contributed by atoms with Gasteiger partial charge in [-0.1, -0.05) is 30.3 Å². The highest BCUT2D eigenvalue weighted by Crippen LogP contribution is 2.36. The van der Waals surface area contributed by atoms with Crippen molar-refractivity contribution < 1.29 is 9.52 Å². The van der Waals surface area contributed by atoms with Gasteiger partial charge in [0.1, 0.15) is 0 Å². The van der Waals surface area contributed by atoms with Crippen molar-refractivity contribution in [3.63, 3.8) is 0 Å². The SMILES string of the molecule is O=NC(=O)C1(c2ccc[n+]([O-])c2)CCN(Cc2ccccc2)CC1. The number of carbonyl (C=O) groups is 1. The molecular weight excluding hydrogens is 306 g/mol. The van der Waals surface area contributed by atoms with E-state index >= 15 is 0 Å². The van der Waals surface area contributed by atoms with Gasteiger partial charge in [-0.05, 0) is 37.6 Å². The zero-order valence-electron chi connectivity index (χ0n) is 13.3. The number of pyridine rings is 1. The summed E-state index contributed by atoms with van der Waals surface area (Å²) in [6, 6.07) is 13.4. The van der Waals surface area contributed by atoms with Crippen molar-refractivity contribution in [1.29, 1.82) is 0 Å². The third-order valence-electron chi connectivity index (χ3n) is 4.78. The van der Waals surface area contributed by atoms with Gasteiger partial charge in [-0.2, -0.15) is 4.73 Å². The smallest absolute Gasteiger partial charge is 0.297 e. The van der Waals surface area contributed by atoms with E-state index in [0.29, 0.717) is 36.2 Å². The number of hydrogen-bond donors (Lipinski definition) is 0. The van der Waals surface area contributed by atoms with E-state index in [1.807, 2.05) is 18.2 Å². The maximum Gasteiger partial charge on any atom is 0.297 e. The second-order valence-corrected chi connectivity index (χ2v) is 6.19. The van der Waals surface area contributed by atoms with Crippen molar-refractivity contribution in [3.8, 4) is 0 Å². The highest BCUT2D eigenvalue weighted by atomic mass is 16.5. The first-order chi connectivity index (χ1) is 11.6. The summed E-state index contributed by atoms with van der Waals surface area (Å²) in [6.07, 6.45) is 3.69. The minimum Gasteiger partial charge on any atom is -0.619 e. The molecule has 1 aromatic carbocycles. The lowest BCUT2D eigenvalue weighted by Gasteiger charge is -2.38. The van der Waals surface area contributed by atoms with Crippen LogP contribution >= 0.6 is 0 Å². The molecule has 0 aliphatic carbocycles. The predicted octanol–water partition coefficient (Wildman–Crippen LogP) is 2.15. The summed E-state index contributed by atoms with van der Waals surface area (Å²) in [4.78, 5) is 25.4. The van der Waals surface area contributed by atoms with Crippen molar-refractivity contribution in [2.75, 3.05) is 13.1 Å². The second-order valence-electron chi connectivity index (χ2n) is 6.19. The Bertz CT molecular complexity index is 725. The van der Waals surface area contributed by atoms with Crippen molar-refractivity contribution in [3.05, 3.63) is 76.1 Å². The zero-order chi connectivity index (χ0) is 17.0. The van der Waals surface area contributed by atoms with Gasteiger partial charge >= 0.3 is 0 Å². The summed E-state index contributed by atoms with van der Waals surface area (Å²) in [5.41, 5.74) is 0.799. The number of hydrogen-bond acceptors (Lipinski definition) is 4. The second kappa shape index (κ2) is 6.88. The van der Waals surface area contributed by atoms with Gasteiger partial charge in [0.2, 0.25) is 0 Å². The number of aromatic nitrogens is 1. The molecular formula is C18H19N3O3. The molecule has 1 aliphatic rings. The van der Waals surface area contributed by atoms with Gasteiger partial charge < -0.3 is 5.21 Å². The molecule has 0 unspecified atom stereocenters. The van der Waals surface area contributed by atoms with Crippen LogP contribution in [0.4, 0.5) is 0 Å². The summed E-state index contributed by atoms with van der Waals surface area (Å²) < 4.78 is 0.658. The van der Waals surface area contributed by atoms with Crippen LogP contribution in [0.5, 0.6) is 0 Å². The minimum atomic E-state index is -0.984. The van der Waals surface area contributed by atoms with E-state index in [4.69, 9.17) is 0 Å². The Morgan fingerprint density at radius 3 is 2.50 bits per heavy atom. The molecule has 0 bridgehead atoms. The van der Waals surface area contributed by atoms with Crippen LogP contribution in [0.15, 0.2) is 60.0 Å². The fourth-order valence-electron chi connectivity index (χ4n) is 3.39. The van der Waals surface area contributed by atoms with E-state index in [0.717, 1.165) is 6.54 Å². The van der Waals surface area contributed by atoms with E-state index in [-0.39, 0.29) is 0 Å². The molecule has 0 spiro atoms. The highest BCUT2D eigenvalue weighted by molar-refractivity contribution is 5.88. The Kier molecular flexibility index (Phi) is 4.66. The Morgan fingerprint density at radius 1 is 1.17 bits per heavy atom. The normalized spacial score (nSPS) is 17.3.